The smallest absolute Gasteiger partial charge is 0.243 e. The van der Waals surface area contributed by atoms with E-state index in [4.69, 9.17) is 5.73 Å². The molecule has 20 heavy (non-hydrogen) atoms. The number of hydrogen-bond acceptors (Lipinski definition) is 5. The van der Waals surface area contributed by atoms with Crippen LogP contribution < -0.4 is 11.1 Å². The zero-order valence-corrected chi connectivity index (χ0v) is 12.2. The van der Waals surface area contributed by atoms with E-state index in [1.54, 1.807) is 0 Å². The number of aryl methyl sites for hydroxylation is 2. The average molecular weight is 271 g/mol. The van der Waals surface area contributed by atoms with Gasteiger partial charge in [-0.1, -0.05) is 32.0 Å². The van der Waals surface area contributed by atoms with Crippen molar-refractivity contribution >= 4 is 11.6 Å². The Balaban J connectivity index is 2.20. The Hall–Kier alpha value is -2.17. The number of aromatic nitrogens is 3. The van der Waals surface area contributed by atoms with Crippen LogP contribution >= 0.6 is 0 Å². The third-order valence-corrected chi connectivity index (χ3v) is 3.32. The summed E-state index contributed by atoms with van der Waals surface area (Å²) in [5, 5.41) is 11.6. The lowest BCUT2D eigenvalue weighted by Gasteiger charge is -2.16. The Bertz CT molecular complexity index is 582. The van der Waals surface area contributed by atoms with Gasteiger partial charge in [0.05, 0.1) is 17.4 Å². The zero-order valence-electron chi connectivity index (χ0n) is 12.2. The fourth-order valence-corrected chi connectivity index (χ4v) is 2.18. The van der Waals surface area contributed by atoms with Crippen molar-refractivity contribution in [1.82, 2.24) is 15.2 Å². The van der Waals surface area contributed by atoms with Crippen molar-refractivity contribution in [2.24, 2.45) is 0 Å². The second kappa shape index (κ2) is 6.32. The van der Waals surface area contributed by atoms with Gasteiger partial charge in [-0.25, -0.2) is 4.98 Å². The largest absolute Gasteiger partial charge is 0.398 e. The van der Waals surface area contributed by atoms with Crippen LogP contribution in [0.3, 0.4) is 0 Å². The standard InChI is InChI=1S/C15H21N5/c1-4-13-14(5-2)19-20-15(18-13)17-10(3)11-8-6-7-9-12(11)16/h6-10H,4-5,16H2,1-3H3,(H,17,18,20). The molecule has 2 rings (SSSR count). The maximum absolute atomic E-state index is 5.98. The predicted molar refractivity (Wildman–Crippen MR) is 81.5 cm³/mol. The monoisotopic (exact) mass is 271 g/mol. The fraction of sp³-hybridized carbons (Fsp3) is 0.400. The minimum absolute atomic E-state index is 0.0372. The highest BCUT2D eigenvalue weighted by Crippen LogP contribution is 2.22. The lowest BCUT2D eigenvalue weighted by atomic mass is 10.1. The molecule has 0 saturated carbocycles. The van der Waals surface area contributed by atoms with Crippen molar-refractivity contribution < 1.29 is 0 Å². The van der Waals surface area contributed by atoms with Crippen molar-refractivity contribution in [1.29, 1.82) is 0 Å². The molecule has 1 atom stereocenters. The lowest BCUT2D eigenvalue weighted by molar-refractivity contribution is 0.791. The molecule has 5 heteroatoms. The van der Waals surface area contributed by atoms with E-state index in [9.17, 15) is 0 Å². The van der Waals surface area contributed by atoms with Crippen LogP contribution in [0.5, 0.6) is 0 Å². The third kappa shape index (κ3) is 3.04. The topological polar surface area (TPSA) is 76.7 Å². The minimum Gasteiger partial charge on any atom is -0.398 e. The molecular formula is C15H21N5. The summed E-state index contributed by atoms with van der Waals surface area (Å²) in [6.07, 6.45) is 1.71. The number of rotatable bonds is 5. The summed E-state index contributed by atoms with van der Waals surface area (Å²) in [5.74, 6) is 0.551. The molecule has 0 radical (unpaired) electrons. The number of anilines is 2. The van der Waals surface area contributed by atoms with Gasteiger partial charge in [0, 0.05) is 5.69 Å². The first-order valence-corrected chi connectivity index (χ1v) is 6.99. The van der Waals surface area contributed by atoms with Crippen LogP contribution in [-0.4, -0.2) is 15.2 Å². The van der Waals surface area contributed by atoms with Crippen molar-refractivity contribution in [3.8, 4) is 0 Å². The van der Waals surface area contributed by atoms with E-state index in [0.29, 0.717) is 5.95 Å². The highest BCUT2D eigenvalue weighted by atomic mass is 15.2. The maximum Gasteiger partial charge on any atom is 0.243 e. The summed E-state index contributed by atoms with van der Waals surface area (Å²) < 4.78 is 0. The number of benzene rings is 1. The summed E-state index contributed by atoms with van der Waals surface area (Å²) in [4.78, 5) is 4.53. The first kappa shape index (κ1) is 14.2. The van der Waals surface area contributed by atoms with Crippen LogP contribution in [0.4, 0.5) is 11.6 Å². The molecule has 106 valence electrons. The fourth-order valence-electron chi connectivity index (χ4n) is 2.18. The van der Waals surface area contributed by atoms with Crippen molar-refractivity contribution in [3.05, 3.63) is 41.2 Å². The Labute approximate surface area is 119 Å². The van der Waals surface area contributed by atoms with Crippen molar-refractivity contribution in [2.75, 3.05) is 11.1 Å². The predicted octanol–water partition coefficient (Wildman–Crippen LogP) is 2.75. The highest BCUT2D eigenvalue weighted by molar-refractivity contribution is 5.50. The number of para-hydroxylation sites is 1. The summed E-state index contributed by atoms with van der Waals surface area (Å²) in [6, 6.07) is 7.83. The van der Waals surface area contributed by atoms with Gasteiger partial charge in [0.2, 0.25) is 5.95 Å². The van der Waals surface area contributed by atoms with Gasteiger partial charge in [-0.05, 0) is 31.4 Å². The van der Waals surface area contributed by atoms with Crippen molar-refractivity contribution in [3.63, 3.8) is 0 Å². The van der Waals surface area contributed by atoms with E-state index >= 15 is 0 Å². The molecule has 0 fully saturated rings. The van der Waals surface area contributed by atoms with Crippen LogP contribution in [0.25, 0.3) is 0 Å². The normalized spacial score (nSPS) is 12.2. The molecule has 0 amide bonds. The molecule has 1 aromatic heterocycles. The van der Waals surface area contributed by atoms with Gasteiger partial charge in [-0.15, -0.1) is 5.10 Å². The summed E-state index contributed by atoms with van der Waals surface area (Å²) in [7, 11) is 0. The Kier molecular flexibility index (Phi) is 4.50. The van der Waals surface area contributed by atoms with Crippen LogP contribution in [0.2, 0.25) is 0 Å². The van der Waals surface area contributed by atoms with Gasteiger partial charge < -0.3 is 11.1 Å². The molecule has 1 unspecified atom stereocenters. The number of nitrogens with two attached hydrogens (primary N) is 1. The van der Waals surface area contributed by atoms with E-state index in [2.05, 4.69) is 34.3 Å². The molecule has 5 nitrogen and oxygen atoms in total. The molecule has 0 spiro atoms. The molecule has 1 heterocycles. The second-order valence-corrected chi connectivity index (χ2v) is 4.73. The van der Waals surface area contributed by atoms with Gasteiger partial charge in [0.1, 0.15) is 0 Å². The number of nitrogens with zero attached hydrogens (tertiary/aromatic N) is 3. The first-order chi connectivity index (χ1) is 9.65. The third-order valence-electron chi connectivity index (χ3n) is 3.32. The van der Waals surface area contributed by atoms with E-state index in [1.165, 1.54) is 0 Å². The minimum atomic E-state index is 0.0372. The molecule has 0 aliphatic rings. The molecule has 0 bridgehead atoms. The van der Waals surface area contributed by atoms with Gasteiger partial charge in [0.15, 0.2) is 0 Å². The van der Waals surface area contributed by atoms with Crippen LogP contribution in [0, 0.1) is 0 Å². The quantitative estimate of drug-likeness (QED) is 0.818. The van der Waals surface area contributed by atoms with E-state index < -0.39 is 0 Å². The lowest BCUT2D eigenvalue weighted by Crippen LogP contribution is -2.14. The van der Waals surface area contributed by atoms with E-state index in [-0.39, 0.29) is 6.04 Å². The molecule has 1 aromatic carbocycles. The van der Waals surface area contributed by atoms with Crippen LogP contribution in [0.15, 0.2) is 24.3 Å². The first-order valence-electron chi connectivity index (χ1n) is 6.99. The highest BCUT2D eigenvalue weighted by Gasteiger charge is 2.11. The molecular weight excluding hydrogens is 250 g/mol. The van der Waals surface area contributed by atoms with Crippen LogP contribution in [0.1, 0.15) is 43.8 Å². The molecule has 3 N–H and O–H groups in total. The zero-order chi connectivity index (χ0) is 14.5. The Morgan fingerprint density at radius 1 is 1.10 bits per heavy atom. The molecule has 0 aliphatic carbocycles. The average Bonchev–Trinajstić information content (AvgIpc) is 2.47. The van der Waals surface area contributed by atoms with Gasteiger partial charge in [-0.2, -0.15) is 5.10 Å². The van der Waals surface area contributed by atoms with E-state index in [1.807, 2.05) is 31.2 Å². The maximum atomic E-state index is 5.98. The Morgan fingerprint density at radius 2 is 1.80 bits per heavy atom. The Morgan fingerprint density at radius 3 is 2.45 bits per heavy atom. The summed E-state index contributed by atoms with van der Waals surface area (Å²) in [5.41, 5.74) is 9.74. The van der Waals surface area contributed by atoms with Gasteiger partial charge in [-0.3, -0.25) is 0 Å². The number of nitrogens with one attached hydrogen (secondary N) is 1. The molecule has 0 saturated heterocycles. The van der Waals surface area contributed by atoms with Gasteiger partial charge >= 0.3 is 0 Å². The number of hydrogen-bond donors (Lipinski definition) is 2. The van der Waals surface area contributed by atoms with Crippen molar-refractivity contribution in [2.45, 2.75) is 39.7 Å². The number of nitrogen functional groups attached to an aromatic ring is 1. The van der Waals surface area contributed by atoms with E-state index in [0.717, 1.165) is 35.5 Å². The molecule has 2 aromatic rings. The second-order valence-electron chi connectivity index (χ2n) is 4.73. The summed E-state index contributed by atoms with van der Waals surface area (Å²) >= 11 is 0. The summed E-state index contributed by atoms with van der Waals surface area (Å²) in [6.45, 7) is 6.17. The van der Waals surface area contributed by atoms with Crippen LogP contribution in [-0.2, 0) is 12.8 Å². The molecule has 0 aliphatic heterocycles. The van der Waals surface area contributed by atoms with Gasteiger partial charge in [0.25, 0.3) is 0 Å². The SMILES string of the molecule is CCc1nnc(NC(C)c2ccccc2N)nc1CC.